The van der Waals surface area contributed by atoms with E-state index in [0.29, 0.717) is 13.0 Å². The van der Waals surface area contributed by atoms with Crippen LogP contribution in [0.4, 0.5) is 4.39 Å². The summed E-state index contributed by atoms with van der Waals surface area (Å²) < 4.78 is 13.5. The van der Waals surface area contributed by atoms with Crippen LogP contribution in [0.2, 0.25) is 0 Å². The van der Waals surface area contributed by atoms with Gasteiger partial charge in [-0.25, -0.2) is 4.39 Å². The molecule has 0 fully saturated rings. The van der Waals surface area contributed by atoms with Crippen LogP contribution in [0, 0.1) is 0 Å². The van der Waals surface area contributed by atoms with Crippen LogP contribution >= 0.6 is 0 Å². The largest absolute Gasteiger partial charge is 1.00 e. The SMILES string of the molecule is CCCCCCC(F)CCC(=O)N(CC)CC(=O)[O-].[Na+]. The summed E-state index contributed by atoms with van der Waals surface area (Å²) in [6.07, 6.45) is 3.86. The smallest absolute Gasteiger partial charge is 0.548 e. The molecule has 0 rings (SSSR count). The Morgan fingerprint density at radius 2 is 1.80 bits per heavy atom. The van der Waals surface area contributed by atoms with Crippen LogP contribution in [-0.4, -0.2) is 36.0 Å². The van der Waals surface area contributed by atoms with Crippen LogP contribution in [0.3, 0.4) is 0 Å². The van der Waals surface area contributed by atoms with Crippen molar-refractivity contribution >= 4 is 11.9 Å². The zero-order valence-corrected chi connectivity index (χ0v) is 15.0. The second-order valence-electron chi connectivity index (χ2n) is 4.77. The van der Waals surface area contributed by atoms with E-state index in [1.54, 1.807) is 6.92 Å². The summed E-state index contributed by atoms with van der Waals surface area (Å²) >= 11 is 0. The molecule has 0 aliphatic carbocycles. The molecular weight excluding hydrogens is 272 g/mol. The predicted octanol–water partition coefficient (Wildman–Crippen LogP) is -1.32. The van der Waals surface area contributed by atoms with Crippen LogP contribution in [-0.2, 0) is 9.59 Å². The minimum Gasteiger partial charge on any atom is -0.548 e. The third-order valence-corrected chi connectivity index (χ3v) is 3.10. The van der Waals surface area contributed by atoms with E-state index in [-0.39, 0.29) is 48.3 Å². The van der Waals surface area contributed by atoms with E-state index >= 15 is 0 Å². The summed E-state index contributed by atoms with van der Waals surface area (Å²) in [5.74, 6) is -1.60. The molecule has 0 aromatic rings. The van der Waals surface area contributed by atoms with Gasteiger partial charge in [0.15, 0.2) is 0 Å². The summed E-state index contributed by atoms with van der Waals surface area (Å²) in [5.41, 5.74) is 0. The Kier molecular flexibility index (Phi) is 15.3. The number of hydrogen-bond donors (Lipinski definition) is 0. The van der Waals surface area contributed by atoms with Crippen molar-refractivity contribution in [1.82, 2.24) is 4.90 Å². The van der Waals surface area contributed by atoms with Crippen LogP contribution in [0.25, 0.3) is 0 Å². The van der Waals surface area contributed by atoms with Crippen molar-refractivity contribution in [2.45, 2.75) is 65.0 Å². The van der Waals surface area contributed by atoms with Gasteiger partial charge in [-0.05, 0) is 19.8 Å². The van der Waals surface area contributed by atoms with Gasteiger partial charge in [-0.2, -0.15) is 0 Å². The maximum Gasteiger partial charge on any atom is 1.00 e. The van der Waals surface area contributed by atoms with Crippen LogP contribution in [0.5, 0.6) is 0 Å². The molecule has 4 nitrogen and oxygen atoms in total. The average molecular weight is 297 g/mol. The molecule has 0 radical (unpaired) electrons. The first-order chi connectivity index (χ1) is 9.01. The van der Waals surface area contributed by atoms with Crippen LogP contribution in [0.1, 0.15) is 58.8 Å². The number of carboxylic acid groups (broad SMARTS) is 1. The molecule has 1 atom stereocenters. The maximum absolute atomic E-state index is 13.5. The second kappa shape index (κ2) is 13.8. The van der Waals surface area contributed by atoms with Crippen molar-refractivity contribution in [3.63, 3.8) is 0 Å². The quantitative estimate of drug-likeness (QED) is 0.351. The third-order valence-electron chi connectivity index (χ3n) is 3.10. The summed E-state index contributed by atoms with van der Waals surface area (Å²) in [6.45, 7) is 3.68. The molecular formula is C14H25FNNaO3. The van der Waals surface area contributed by atoms with Gasteiger partial charge in [0.2, 0.25) is 5.91 Å². The zero-order chi connectivity index (χ0) is 14.7. The van der Waals surface area contributed by atoms with E-state index in [1.807, 2.05) is 0 Å². The number of aliphatic carboxylic acids is 1. The van der Waals surface area contributed by atoms with Crippen molar-refractivity contribution in [3.05, 3.63) is 0 Å². The van der Waals surface area contributed by atoms with Gasteiger partial charge < -0.3 is 14.8 Å². The number of carbonyl (C=O) groups is 2. The number of nitrogens with zero attached hydrogens (tertiary/aromatic N) is 1. The Hall–Kier alpha value is -0.130. The Morgan fingerprint density at radius 3 is 2.30 bits per heavy atom. The summed E-state index contributed by atoms with van der Waals surface area (Å²) in [5, 5.41) is 10.4. The molecule has 20 heavy (non-hydrogen) atoms. The average Bonchev–Trinajstić information content (AvgIpc) is 2.38. The van der Waals surface area contributed by atoms with E-state index in [2.05, 4.69) is 6.92 Å². The monoisotopic (exact) mass is 297 g/mol. The molecule has 0 aromatic heterocycles. The standard InChI is InChI=1S/C14H26FNO3.Na/c1-3-5-6-7-8-12(15)9-10-13(17)16(4-2)11-14(18)19;/h12H,3-11H2,1-2H3,(H,18,19);/q;+1/p-1. The van der Waals surface area contributed by atoms with Crippen molar-refractivity contribution in [2.75, 3.05) is 13.1 Å². The van der Waals surface area contributed by atoms with Crippen molar-refractivity contribution in [1.29, 1.82) is 0 Å². The molecule has 0 heterocycles. The Bertz CT molecular complexity index is 277. The summed E-state index contributed by atoms with van der Waals surface area (Å²) in [4.78, 5) is 23.3. The molecule has 0 aliphatic heterocycles. The molecule has 0 bridgehead atoms. The van der Waals surface area contributed by atoms with Gasteiger partial charge in [-0.1, -0.05) is 32.6 Å². The molecule has 0 saturated heterocycles. The van der Waals surface area contributed by atoms with Gasteiger partial charge >= 0.3 is 29.6 Å². The molecule has 0 aliphatic rings. The molecule has 112 valence electrons. The van der Waals surface area contributed by atoms with E-state index in [1.165, 1.54) is 4.90 Å². The molecule has 0 N–H and O–H groups in total. The summed E-state index contributed by atoms with van der Waals surface area (Å²) in [7, 11) is 0. The number of amides is 1. The molecule has 0 aromatic carbocycles. The fraction of sp³-hybridized carbons (Fsp3) is 0.857. The predicted molar refractivity (Wildman–Crippen MR) is 70.2 cm³/mol. The zero-order valence-electron chi connectivity index (χ0n) is 13.0. The molecule has 0 spiro atoms. The van der Waals surface area contributed by atoms with Crippen molar-refractivity contribution in [2.24, 2.45) is 0 Å². The molecule has 6 heteroatoms. The fourth-order valence-electron chi connectivity index (χ4n) is 1.91. The summed E-state index contributed by atoms with van der Waals surface area (Å²) in [6, 6.07) is 0. The number of carboxylic acids is 1. The number of alkyl halides is 1. The minimum atomic E-state index is -1.29. The van der Waals surface area contributed by atoms with Gasteiger partial charge in [-0.15, -0.1) is 0 Å². The molecule has 1 unspecified atom stereocenters. The first-order valence-corrected chi connectivity index (χ1v) is 7.12. The topological polar surface area (TPSA) is 60.4 Å². The Labute approximate surface area is 143 Å². The Balaban J connectivity index is 0. The van der Waals surface area contributed by atoms with E-state index in [0.717, 1.165) is 25.7 Å². The second-order valence-corrected chi connectivity index (χ2v) is 4.77. The van der Waals surface area contributed by atoms with E-state index in [4.69, 9.17) is 0 Å². The van der Waals surface area contributed by atoms with Gasteiger partial charge in [-0.3, -0.25) is 4.79 Å². The van der Waals surface area contributed by atoms with Crippen molar-refractivity contribution in [3.8, 4) is 0 Å². The van der Waals surface area contributed by atoms with Crippen LogP contribution in [0.15, 0.2) is 0 Å². The first kappa shape index (κ1) is 22.2. The minimum absolute atomic E-state index is 0. The first-order valence-electron chi connectivity index (χ1n) is 7.12. The normalized spacial score (nSPS) is 11.6. The number of rotatable bonds is 11. The van der Waals surface area contributed by atoms with Crippen LogP contribution < -0.4 is 34.7 Å². The number of hydrogen-bond acceptors (Lipinski definition) is 3. The molecule has 1 amide bonds. The number of halogens is 1. The third kappa shape index (κ3) is 11.7. The maximum atomic E-state index is 13.5. The van der Waals surface area contributed by atoms with Gasteiger partial charge in [0.05, 0.1) is 12.5 Å². The van der Waals surface area contributed by atoms with Gasteiger partial charge in [0.25, 0.3) is 0 Å². The van der Waals surface area contributed by atoms with Crippen molar-refractivity contribution < 1.29 is 48.6 Å². The molecule has 0 saturated carbocycles. The van der Waals surface area contributed by atoms with Gasteiger partial charge in [0, 0.05) is 13.0 Å². The van der Waals surface area contributed by atoms with Gasteiger partial charge in [0.1, 0.15) is 6.17 Å². The fourth-order valence-corrected chi connectivity index (χ4v) is 1.91. The van der Waals surface area contributed by atoms with E-state index in [9.17, 15) is 19.1 Å². The van der Waals surface area contributed by atoms with E-state index < -0.39 is 18.7 Å². The number of carbonyl (C=O) groups excluding carboxylic acids is 2. The number of likely N-dealkylation sites (N-methyl/N-ethyl adjacent to an activating group) is 1. The Morgan fingerprint density at radius 1 is 1.15 bits per heavy atom. The number of unbranched alkanes of at least 4 members (excludes halogenated alkanes) is 3.